The number of anilines is 1. The molecular weight excluding hydrogens is 952 g/mol. The molecule has 2 spiro atoms. The maximum absolute atomic E-state index is 15.3. The largest absolute Gasteiger partial charge is 0.798 e. The number of halogens is 7. The Bertz CT molecular complexity index is 2970. The molecule has 6 aliphatic rings. The Balaban J connectivity index is 0.000000150. The average molecular weight is 1010 g/mol. The first kappa shape index (κ1) is 51.3. The van der Waals surface area contributed by atoms with Crippen LogP contribution in [-0.4, -0.2) is 109 Å². The lowest BCUT2D eigenvalue weighted by Gasteiger charge is -2.33. The molecule has 2 saturated heterocycles. The Hall–Kier alpha value is -6.04. The number of hydrogen-bond donors (Lipinski definition) is 4. The number of rotatable bonds is 9. The molecule has 4 aliphatic carbocycles. The number of carboxylic acids is 1. The Kier molecular flexibility index (Phi) is 13.0. The van der Waals surface area contributed by atoms with Crippen LogP contribution < -0.4 is 41.6 Å². The fourth-order valence-electron chi connectivity index (χ4n) is 10.1. The van der Waals surface area contributed by atoms with Crippen LogP contribution in [0.5, 0.6) is 11.5 Å². The molecule has 1 amide bonds. The van der Waals surface area contributed by atoms with E-state index in [9.17, 15) is 55.3 Å². The lowest BCUT2D eigenvalue weighted by Crippen LogP contribution is -2.54. The van der Waals surface area contributed by atoms with Crippen molar-refractivity contribution in [2.45, 2.75) is 114 Å². The Morgan fingerprint density at radius 3 is 1.79 bits per heavy atom. The zero-order valence-electron chi connectivity index (χ0n) is 40.0. The highest BCUT2D eigenvalue weighted by molar-refractivity contribution is 6.38. The third-order valence-corrected chi connectivity index (χ3v) is 14.6. The predicted octanol–water partition coefficient (Wildman–Crippen LogP) is 6.75. The number of alkyl halides is 2. The summed E-state index contributed by atoms with van der Waals surface area (Å²) in [7, 11) is -1.10. The summed E-state index contributed by atoms with van der Waals surface area (Å²) in [6.07, 6.45) is 3.62. The third kappa shape index (κ3) is 9.36. The Labute approximate surface area is 402 Å². The van der Waals surface area contributed by atoms with E-state index in [1.807, 2.05) is 32.6 Å². The van der Waals surface area contributed by atoms with Gasteiger partial charge in [0, 0.05) is 67.8 Å². The average Bonchev–Trinajstić information content (AvgIpc) is 4.11. The van der Waals surface area contributed by atoms with Crippen LogP contribution in [0.2, 0.25) is 0 Å². The summed E-state index contributed by atoms with van der Waals surface area (Å²) in [6, 6.07) is 0.0483. The number of methoxy groups -OCH3 is 2. The predicted molar refractivity (Wildman–Crippen MR) is 246 cm³/mol. The lowest BCUT2D eigenvalue weighted by molar-refractivity contribution is 0.0438. The quantitative estimate of drug-likeness (QED) is 0.101. The SMILES string of the molecule is CC(C)(C)OC(=O)N[C@]1(C)CNCC12CC2.COc1c(F)c(F)cc2c(=O)c(C(=O)OB(F)F)cn([C@@H]3C[C@@H]3F)c12.COc1c(N2CC3(CC3)[C@](C)(N)C2)c(F)cc2c(=O)c(C(=O)O)cn([C@@H]3C[C@@H]3F)c12. The van der Waals surface area contributed by atoms with E-state index < -0.39 is 106 Å². The standard InChI is InChI=1S/C21H23F2N3O4.C14H9BF5NO4.C12H22N2O2/c1-20(24)8-25(9-21(20)3-4-21)16-13(23)5-10-15(18(16)30-2)26(14-6-12(14)22)7-11(17(10)27)19(28)29;1-24-13-10(18)8(17)2-5-11(13)21(9-3-7(9)16)4-6(12(5)22)14(23)25-15(19)20;1-10(2,3)16-9(15)14-11(4)7-13-8-12(11)5-6-12/h5,7,12,14H,3-4,6,8-9,24H2,1-2H3,(H,28,29);2,4,7,9H,3H2,1H3;13H,5-8H2,1-4H3,(H,14,15)/t12-,14+,20+;7-,9+;11-/m001/s1. The molecule has 4 saturated carbocycles. The third-order valence-electron chi connectivity index (χ3n) is 14.6. The first-order valence-corrected chi connectivity index (χ1v) is 22.9. The van der Waals surface area contributed by atoms with E-state index in [0.29, 0.717) is 19.2 Å². The van der Waals surface area contributed by atoms with Gasteiger partial charge in [-0.05, 0) is 72.4 Å². The van der Waals surface area contributed by atoms with E-state index in [4.69, 9.17) is 19.9 Å². The van der Waals surface area contributed by atoms with Crippen LogP contribution >= 0.6 is 0 Å². The van der Waals surface area contributed by atoms with E-state index in [2.05, 4.69) is 22.2 Å². The number of nitrogens with zero attached hydrogens (tertiary/aromatic N) is 3. The smallest absolute Gasteiger partial charge is 0.492 e. The van der Waals surface area contributed by atoms with Crippen LogP contribution in [-0.2, 0) is 9.39 Å². The highest BCUT2D eigenvalue weighted by Gasteiger charge is 2.62. The van der Waals surface area contributed by atoms with Gasteiger partial charge in [0.15, 0.2) is 23.1 Å². The zero-order chi connectivity index (χ0) is 52.1. The van der Waals surface area contributed by atoms with Gasteiger partial charge in [-0.1, -0.05) is 0 Å². The second-order valence-corrected chi connectivity index (χ2v) is 20.8. The van der Waals surface area contributed by atoms with Gasteiger partial charge >= 0.3 is 25.5 Å². The lowest BCUT2D eigenvalue weighted by atomic mass is 9.86. The summed E-state index contributed by atoms with van der Waals surface area (Å²) < 4.78 is 117. The number of hydrogen-bond acceptors (Lipinski definition) is 12. The minimum absolute atomic E-state index is 0.0105. The molecule has 384 valence electrons. The van der Waals surface area contributed by atoms with Crippen molar-refractivity contribution in [3.8, 4) is 11.5 Å². The number of ether oxygens (including phenoxy) is 3. The topological polar surface area (TPSA) is 206 Å². The van der Waals surface area contributed by atoms with E-state index in [-0.39, 0.29) is 63.2 Å². The van der Waals surface area contributed by atoms with Crippen molar-refractivity contribution in [3.63, 3.8) is 0 Å². The Morgan fingerprint density at radius 1 is 0.817 bits per heavy atom. The maximum atomic E-state index is 15.3. The number of carbonyl (C=O) groups excluding carboxylic acids is 2. The summed E-state index contributed by atoms with van der Waals surface area (Å²) in [5.74, 6) is -7.18. The number of alkyl carbamates (subject to hydrolysis) is 1. The highest BCUT2D eigenvalue weighted by atomic mass is 19.2. The highest BCUT2D eigenvalue weighted by Crippen LogP contribution is 2.59. The molecule has 6 fully saturated rings. The van der Waals surface area contributed by atoms with E-state index in [1.165, 1.54) is 24.5 Å². The molecular formula is C47H54BF7N6O10. The molecule has 0 radical (unpaired) electrons. The van der Waals surface area contributed by atoms with Crippen LogP contribution in [0.25, 0.3) is 21.8 Å². The van der Waals surface area contributed by atoms with Gasteiger partial charge in [-0.15, -0.1) is 0 Å². The maximum Gasteiger partial charge on any atom is 0.798 e. The number of fused-ring (bicyclic) bond motifs is 2. The van der Waals surface area contributed by atoms with Crippen LogP contribution in [0.15, 0.2) is 34.1 Å². The van der Waals surface area contributed by atoms with Crippen molar-refractivity contribution in [2.75, 3.05) is 45.3 Å². The molecule has 2 aromatic carbocycles. The molecule has 10 rings (SSSR count). The number of carboxylic acid groups (broad SMARTS) is 1. The number of pyridine rings is 2. The first-order chi connectivity index (χ1) is 33.1. The number of aromatic nitrogens is 2. The zero-order valence-corrected chi connectivity index (χ0v) is 40.0. The van der Waals surface area contributed by atoms with Crippen LogP contribution in [0.1, 0.15) is 106 Å². The fraction of sp³-hybridized carbons (Fsp3) is 0.553. The molecule has 71 heavy (non-hydrogen) atoms. The monoisotopic (exact) mass is 1010 g/mol. The van der Waals surface area contributed by atoms with Crippen LogP contribution in [0.4, 0.5) is 41.1 Å². The van der Waals surface area contributed by atoms with Gasteiger partial charge in [0.25, 0.3) is 0 Å². The summed E-state index contributed by atoms with van der Waals surface area (Å²) in [4.78, 5) is 62.0. The molecule has 4 heterocycles. The number of amides is 1. The van der Waals surface area contributed by atoms with Crippen molar-refractivity contribution in [2.24, 2.45) is 16.6 Å². The molecule has 0 bridgehead atoms. The minimum atomic E-state index is -3.48. The molecule has 16 nitrogen and oxygen atoms in total. The fourth-order valence-corrected chi connectivity index (χ4v) is 10.1. The molecule has 5 N–H and O–H groups in total. The van der Waals surface area contributed by atoms with Crippen molar-refractivity contribution >= 4 is 53.0 Å². The van der Waals surface area contributed by atoms with Gasteiger partial charge in [0.05, 0.1) is 53.6 Å². The van der Waals surface area contributed by atoms with Gasteiger partial charge in [-0.25, -0.2) is 40.6 Å². The number of carbonyl (C=O) groups is 3. The molecule has 2 aliphatic heterocycles. The van der Waals surface area contributed by atoms with Crippen LogP contribution in [0.3, 0.4) is 0 Å². The number of aromatic carboxylic acids is 1. The van der Waals surface area contributed by atoms with Crippen molar-refractivity contribution < 1.29 is 68.9 Å². The van der Waals surface area contributed by atoms with Gasteiger partial charge in [-0.3, -0.25) is 9.59 Å². The van der Waals surface area contributed by atoms with Crippen molar-refractivity contribution in [1.82, 2.24) is 19.8 Å². The van der Waals surface area contributed by atoms with Gasteiger partial charge in [-0.2, -0.15) is 4.39 Å². The summed E-state index contributed by atoms with van der Waals surface area (Å²) in [5, 5.41) is 15.2. The minimum Gasteiger partial charge on any atom is -0.492 e. The van der Waals surface area contributed by atoms with Crippen LogP contribution in [0, 0.1) is 28.3 Å². The van der Waals surface area contributed by atoms with Gasteiger partial charge in [0.2, 0.25) is 16.7 Å². The number of nitrogens with one attached hydrogen (secondary N) is 2. The summed E-state index contributed by atoms with van der Waals surface area (Å²) in [5.41, 5.74) is 2.41. The van der Waals surface area contributed by atoms with Gasteiger partial charge in [0.1, 0.15) is 34.8 Å². The molecule has 4 aromatic rings. The molecule has 24 heteroatoms. The Morgan fingerprint density at radius 2 is 1.32 bits per heavy atom. The second kappa shape index (κ2) is 17.9. The van der Waals surface area contributed by atoms with E-state index >= 15 is 4.39 Å². The molecule has 2 aromatic heterocycles. The summed E-state index contributed by atoms with van der Waals surface area (Å²) in [6.45, 7) is 12.6. The second-order valence-electron chi connectivity index (χ2n) is 20.8. The van der Waals surface area contributed by atoms with Crippen molar-refractivity contribution in [1.29, 1.82) is 0 Å². The number of benzene rings is 2. The normalized spacial score (nSPS) is 26.0. The first-order valence-electron chi connectivity index (χ1n) is 22.9. The van der Waals surface area contributed by atoms with E-state index in [1.54, 1.807) is 0 Å². The number of nitrogens with two attached hydrogens (primary N) is 1. The van der Waals surface area contributed by atoms with Crippen molar-refractivity contribution in [3.05, 3.63) is 73.6 Å². The van der Waals surface area contributed by atoms with E-state index in [0.717, 1.165) is 56.1 Å². The molecule has 6 atom stereocenters. The summed E-state index contributed by atoms with van der Waals surface area (Å²) >= 11 is 0. The molecule has 0 unspecified atom stereocenters. The van der Waals surface area contributed by atoms with Gasteiger partial charge < -0.3 is 54.4 Å².